The molecule has 1 aromatic carbocycles. The molecule has 0 unspecified atom stereocenters. The van der Waals surface area contributed by atoms with E-state index in [0.717, 1.165) is 12.8 Å². The standard InChI is InChI=1S/C16H20BrClO4/c1-4-5-6-21-15(19)11-7-13(17)14(18)8-12(11)16(20)22-9-10(2)3/h7-8,10H,4-6,9H2,1-3H3. The normalized spacial score (nSPS) is 10.6. The minimum Gasteiger partial charge on any atom is -0.462 e. The number of hydrogen-bond donors (Lipinski definition) is 0. The topological polar surface area (TPSA) is 52.6 Å². The Morgan fingerprint density at radius 3 is 2.36 bits per heavy atom. The van der Waals surface area contributed by atoms with E-state index in [1.807, 2.05) is 20.8 Å². The average Bonchev–Trinajstić information content (AvgIpc) is 2.47. The Morgan fingerprint density at radius 2 is 1.77 bits per heavy atom. The third-order valence-electron chi connectivity index (χ3n) is 2.78. The largest absolute Gasteiger partial charge is 0.462 e. The first kappa shape index (κ1) is 19.0. The molecular weight excluding hydrogens is 372 g/mol. The summed E-state index contributed by atoms with van der Waals surface area (Å²) in [5.41, 5.74) is 0.275. The number of benzene rings is 1. The molecule has 1 aromatic rings. The molecule has 0 heterocycles. The zero-order chi connectivity index (χ0) is 16.7. The Morgan fingerprint density at radius 1 is 1.18 bits per heavy atom. The highest BCUT2D eigenvalue weighted by atomic mass is 79.9. The number of rotatable bonds is 7. The summed E-state index contributed by atoms with van der Waals surface area (Å²) in [5, 5.41) is 0.335. The van der Waals surface area contributed by atoms with Gasteiger partial charge in [-0.05, 0) is 40.4 Å². The van der Waals surface area contributed by atoms with E-state index in [0.29, 0.717) is 16.1 Å². The lowest BCUT2D eigenvalue weighted by atomic mass is 10.1. The van der Waals surface area contributed by atoms with Crippen LogP contribution in [0.25, 0.3) is 0 Å². The minimum atomic E-state index is -0.578. The van der Waals surface area contributed by atoms with Crippen LogP contribution in [0, 0.1) is 5.92 Å². The SMILES string of the molecule is CCCCOC(=O)c1cc(Br)c(Cl)cc1C(=O)OCC(C)C. The Balaban J connectivity index is 3.01. The highest BCUT2D eigenvalue weighted by Crippen LogP contribution is 2.27. The van der Waals surface area contributed by atoms with Gasteiger partial charge in [-0.2, -0.15) is 0 Å². The maximum Gasteiger partial charge on any atom is 0.339 e. The number of unbranched alkanes of at least 4 members (excludes halogenated alkanes) is 1. The highest BCUT2D eigenvalue weighted by molar-refractivity contribution is 9.10. The van der Waals surface area contributed by atoms with E-state index in [-0.39, 0.29) is 23.7 Å². The Bertz CT molecular complexity index is 543. The molecule has 0 saturated carbocycles. The van der Waals surface area contributed by atoms with Crippen molar-refractivity contribution in [2.24, 2.45) is 5.92 Å². The first-order valence-corrected chi connectivity index (χ1v) is 8.37. The van der Waals surface area contributed by atoms with Gasteiger partial charge >= 0.3 is 11.9 Å². The van der Waals surface area contributed by atoms with Crippen molar-refractivity contribution in [3.8, 4) is 0 Å². The summed E-state index contributed by atoms with van der Waals surface area (Å²) >= 11 is 9.27. The van der Waals surface area contributed by atoms with Gasteiger partial charge in [-0.3, -0.25) is 0 Å². The fourth-order valence-corrected chi connectivity index (χ4v) is 2.10. The molecule has 0 spiro atoms. The van der Waals surface area contributed by atoms with Crippen LogP contribution >= 0.6 is 27.5 Å². The lowest BCUT2D eigenvalue weighted by Gasteiger charge is -2.12. The van der Waals surface area contributed by atoms with Gasteiger partial charge in [0.05, 0.1) is 29.4 Å². The average molecular weight is 392 g/mol. The minimum absolute atomic E-state index is 0.121. The van der Waals surface area contributed by atoms with Crippen molar-refractivity contribution in [2.45, 2.75) is 33.6 Å². The van der Waals surface area contributed by atoms with Crippen molar-refractivity contribution in [2.75, 3.05) is 13.2 Å². The third kappa shape index (κ3) is 5.61. The number of ether oxygens (including phenoxy) is 2. The van der Waals surface area contributed by atoms with Crippen LogP contribution in [-0.2, 0) is 9.47 Å². The van der Waals surface area contributed by atoms with Crippen molar-refractivity contribution in [3.05, 3.63) is 32.8 Å². The van der Waals surface area contributed by atoms with Crippen molar-refractivity contribution >= 4 is 39.5 Å². The molecule has 0 saturated heterocycles. The van der Waals surface area contributed by atoms with Crippen LogP contribution in [0.15, 0.2) is 16.6 Å². The van der Waals surface area contributed by atoms with Gasteiger partial charge in [0.15, 0.2) is 0 Å². The molecule has 0 fully saturated rings. The predicted molar refractivity (Wildman–Crippen MR) is 89.5 cm³/mol. The van der Waals surface area contributed by atoms with Gasteiger partial charge in [0.2, 0.25) is 0 Å². The first-order valence-electron chi connectivity index (χ1n) is 7.20. The van der Waals surface area contributed by atoms with Crippen LogP contribution in [0.1, 0.15) is 54.3 Å². The number of carbonyl (C=O) groups excluding carboxylic acids is 2. The number of halogens is 2. The molecule has 6 heteroatoms. The van der Waals surface area contributed by atoms with Gasteiger partial charge in [0.25, 0.3) is 0 Å². The van der Waals surface area contributed by atoms with Gasteiger partial charge < -0.3 is 9.47 Å². The lowest BCUT2D eigenvalue weighted by molar-refractivity contribution is 0.0428. The summed E-state index contributed by atoms with van der Waals surface area (Å²) in [5.74, 6) is -0.928. The van der Waals surface area contributed by atoms with Gasteiger partial charge in [-0.15, -0.1) is 0 Å². The predicted octanol–water partition coefficient (Wildman–Crippen LogP) is 4.87. The summed E-state index contributed by atoms with van der Waals surface area (Å²) in [6.45, 7) is 6.46. The zero-order valence-corrected chi connectivity index (χ0v) is 15.3. The van der Waals surface area contributed by atoms with Crippen molar-refractivity contribution < 1.29 is 19.1 Å². The zero-order valence-electron chi connectivity index (χ0n) is 12.9. The Labute approximate surface area is 144 Å². The van der Waals surface area contributed by atoms with Crippen molar-refractivity contribution in [3.63, 3.8) is 0 Å². The van der Waals surface area contributed by atoms with Gasteiger partial charge in [0.1, 0.15) is 0 Å². The third-order valence-corrected chi connectivity index (χ3v) is 3.98. The Hall–Kier alpha value is -1.07. The molecule has 0 amide bonds. The lowest BCUT2D eigenvalue weighted by Crippen LogP contribution is -2.16. The fraction of sp³-hybridized carbons (Fsp3) is 0.500. The van der Waals surface area contributed by atoms with Crippen LogP contribution in [-0.4, -0.2) is 25.2 Å². The molecule has 0 aromatic heterocycles. The number of esters is 2. The van der Waals surface area contributed by atoms with E-state index in [1.165, 1.54) is 12.1 Å². The summed E-state index contributed by atoms with van der Waals surface area (Å²) in [7, 11) is 0. The molecular formula is C16H20BrClO4. The molecule has 0 atom stereocenters. The molecule has 122 valence electrons. The van der Waals surface area contributed by atoms with Crippen LogP contribution in [0.4, 0.5) is 0 Å². The summed E-state index contributed by atoms with van der Waals surface area (Å²) < 4.78 is 10.9. The second-order valence-corrected chi connectivity index (χ2v) is 6.56. The van der Waals surface area contributed by atoms with Crippen molar-refractivity contribution in [1.29, 1.82) is 0 Å². The molecule has 22 heavy (non-hydrogen) atoms. The van der Waals surface area contributed by atoms with E-state index in [1.54, 1.807) is 0 Å². The van der Waals surface area contributed by atoms with Gasteiger partial charge in [0, 0.05) is 4.47 Å². The van der Waals surface area contributed by atoms with Crippen LogP contribution in [0.3, 0.4) is 0 Å². The van der Waals surface area contributed by atoms with E-state index >= 15 is 0 Å². The molecule has 0 aliphatic carbocycles. The van der Waals surface area contributed by atoms with E-state index in [9.17, 15) is 9.59 Å². The summed E-state index contributed by atoms with van der Waals surface area (Å²) in [6.07, 6.45) is 1.69. The molecule has 0 radical (unpaired) electrons. The molecule has 0 aliphatic heterocycles. The molecule has 4 nitrogen and oxygen atoms in total. The van der Waals surface area contributed by atoms with E-state index < -0.39 is 11.9 Å². The first-order chi connectivity index (χ1) is 10.4. The van der Waals surface area contributed by atoms with Crippen LogP contribution < -0.4 is 0 Å². The smallest absolute Gasteiger partial charge is 0.339 e. The molecule has 0 bridgehead atoms. The van der Waals surface area contributed by atoms with E-state index in [4.69, 9.17) is 21.1 Å². The second kappa shape index (κ2) is 9.16. The fourth-order valence-electron chi connectivity index (χ4n) is 1.59. The number of hydrogen-bond acceptors (Lipinski definition) is 4. The van der Waals surface area contributed by atoms with Gasteiger partial charge in [-0.25, -0.2) is 9.59 Å². The Kier molecular flexibility index (Phi) is 7.90. The summed E-state index contributed by atoms with van der Waals surface area (Å²) in [6, 6.07) is 2.91. The van der Waals surface area contributed by atoms with Crippen molar-refractivity contribution in [1.82, 2.24) is 0 Å². The molecule has 0 N–H and O–H groups in total. The van der Waals surface area contributed by atoms with Crippen LogP contribution in [0.5, 0.6) is 0 Å². The monoisotopic (exact) mass is 390 g/mol. The summed E-state index contributed by atoms with van der Waals surface area (Å²) in [4.78, 5) is 24.3. The maximum atomic E-state index is 12.2. The second-order valence-electron chi connectivity index (χ2n) is 5.29. The highest BCUT2D eigenvalue weighted by Gasteiger charge is 2.22. The molecule has 1 rings (SSSR count). The maximum absolute atomic E-state index is 12.2. The molecule has 0 aliphatic rings. The van der Waals surface area contributed by atoms with Gasteiger partial charge in [-0.1, -0.05) is 38.8 Å². The van der Waals surface area contributed by atoms with Crippen LogP contribution in [0.2, 0.25) is 5.02 Å². The quantitative estimate of drug-likeness (QED) is 0.491. The number of carbonyl (C=O) groups is 2. The van der Waals surface area contributed by atoms with E-state index in [2.05, 4.69) is 15.9 Å².